The minimum Gasteiger partial charge on any atom is -0.468 e. The van der Waals surface area contributed by atoms with E-state index in [-0.39, 0.29) is 18.0 Å². The minimum atomic E-state index is -0.164. The first-order chi connectivity index (χ1) is 8.68. The van der Waals surface area contributed by atoms with Crippen molar-refractivity contribution in [2.45, 2.75) is 45.2 Å². The molecule has 1 unspecified atom stereocenters. The van der Waals surface area contributed by atoms with Gasteiger partial charge < -0.3 is 9.32 Å². The fraction of sp³-hybridized carbons (Fsp3) is 0.643. The topological polar surface area (TPSA) is 45.5 Å². The van der Waals surface area contributed by atoms with Crippen LogP contribution in [-0.2, 0) is 4.79 Å². The third-order valence-electron chi connectivity index (χ3n) is 3.51. The summed E-state index contributed by atoms with van der Waals surface area (Å²) in [6.07, 6.45) is 5.16. The van der Waals surface area contributed by atoms with Crippen LogP contribution < -0.4 is 5.32 Å². The summed E-state index contributed by atoms with van der Waals surface area (Å²) >= 11 is 0. The lowest BCUT2D eigenvalue weighted by Crippen LogP contribution is -2.47. The Labute approximate surface area is 108 Å². The monoisotopic (exact) mass is 250 g/mol. The molecule has 100 valence electrons. The Bertz CT molecular complexity index is 369. The van der Waals surface area contributed by atoms with E-state index in [1.54, 1.807) is 6.26 Å². The number of hydrogen-bond acceptors (Lipinski definition) is 3. The van der Waals surface area contributed by atoms with Crippen molar-refractivity contribution >= 4 is 5.91 Å². The van der Waals surface area contributed by atoms with E-state index in [2.05, 4.69) is 5.32 Å². The molecule has 2 heterocycles. The summed E-state index contributed by atoms with van der Waals surface area (Å²) in [7, 11) is 0. The first-order valence-electron chi connectivity index (χ1n) is 6.76. The number of furan rings is 1. The van der Waals surface area contributed by atoms with Gasteiger partial charge >= 0.3 is 0 Å². The third kappa shape index (κ3) is 3.13. The lowest BCUT2D eigenvalue weighted by molar-refractivity contribution is -0.134. The predicted octanol–water partition coefficient (Wildman–Crippen LogP) is 2.33. The van der Waals surface area contributed by atoms with Crippen molar-refractivity contribution in [2.24, 2.45) is 0 Å². The van der Waals surface area contributed by atoms with Crippen molar-refractivity contribution in [1.82, 2.24) is 10.2 Å². The highest BCUT2D eigenvalue weighted by Gasteiger charge is 2.23. The summed E-state index contributed by atoms with van der Waals surface area (Å²) in [4.78, 5) is 14.2. The number of rotatable bonds is 4. The van der Waals surface area contributed by atoms with Gasteiger partial charge in [0.25, 0.3) is 0 Å². The van der Waals surface area contributed by atoms with Crippen LogP contribution in [0.1, 0.15) is 44.9 Å². The molecule has 18 heavy (non-hydrogen) atoms. The highest BCUT2D eigenvalue weighted by molar-refractivity contribution is 5.81. The fourth-order valence-corrected chi connectivity index (χ4v) is 2.45. The first-order valence-corrected chi connectivity index (χ1v) is 6.76. The maximum Gasteiger partial charge on any atom is 0.239 e. The second-order valence-electron chi connectivity index (χ2n) is 5.01. The van der Waals surface area contributed by atoms with Crippen molar-refractivity contribution in [3.63, 3.8) is 0 Å². The number of likely N-dealkylation sites (tertiary alicyclic amines) is 1. The molecule has 1 aromatic rings. The third-order valence-corrected chi connectivity index (χ3v) is 3.51. The van der Waals surface area contributed by atoms with E-state index in [1.807, 2.05) is 30.9 Å². The highest BCUT2D eigenvalue weighted by Crippen LogP contribution is 2.15. The van der Waals surface area contributed by atoms with Gasteiger partial charge in [0.05, 0.1) is 18.3 Å². The number of carbonyl (C=O) groups excluding carboxylic acids is 1. The largest absolute Gasteiger partial charge is 0.468 e. The van der Waals surface area contributed by atoms with Gasteiger partial charge in [-0.25, -0.2) is 0 Å². The van der Waals surface area contributed by atoms with Crippen LogP contribution in [0.25, 0.3) is 0 Å². The molecule has 0 saturated carbocycles. The Morgan fingerprint density at radius 3 is 2.67 bits per heavy atom. The lowest BCUT2D eigenvalue weighted by Gasteiger charge is -2.30. The van der Waals surface area contributed by atoms with Crippen LogP contribution in [0.2, 0.25) is 0 Å². The summed E-state index contributed by atoms with van der Waals surface area (Å²) in [5.41, 5.74) is 0. The quantitative estimate of drug-likeness (QED) is 0.892. The molecule has 1 fully saturated rings. The second kappa shape index (κ2) is 6.05. The smallest absolute Gasteiger partial charge is 0.239 e. The van der Waals surface area contributed by atoms with Gasteiger partial charge in [0.15, 0.2) is 0 Å². The molecule has 0 aliphatic carbocycles. The van der Waals surface area contributed by atoms with Crippen LogP contribution in [0.5, 0.6) is 0 Å². The second-order valence-corrected chi connectivity index (χ2v) is 5.01. The summed E-state index contributed by atoms with van der Waals surface area (Å²) in [5, 5.41) is 3.29. The van der Waals surface area contributed by atoms with Gasteiger partial charge in [-0.05, 0) is 45.2 Å². The average molecular weight is 250 g/mol. The van der Waals surface area contributed by atoms with Gasteiger partial charge in [-0.1, -0.05) is 0 Å². The van der Waals surface area contributed by atoms with Crippen LogP contribution in [0.3, 0.4) is 0 Å². The molecule has 1 N–H and O–H groups in total. The van der Waals surface area contributed by atoms with E-state index in [0.717, 1.165) is 31.7 Å². The zero-order chi connectivity index (χ0) is 13.0. The van der Waals surface area contributed by atoms with E-state index in [9.17, 15) is 4.79 Å². The van der Waals surface area contributed by atoms with E-state index in [0.29, 0.717) is 0 Å². The summed E-state index contributed by atoms with van der Waals surface area (Å²) in [6, 6.07) is 3.69. The minimum absolute atomic E-state index is 0.0590. The zero-order valence-electron chi connectivity index (χ0n) is 11.2. The van der Waals surface area contributed by atoms with Crippen molar-refractivity contribution in [1.29, 1.82) is 0 Å². The number of amides is 1. The van der Waals surface area contributed by atoms with Crippen LogP contribution in [0.15, 0.2) is 22.8 Å². The first kappa shape index (κ1) is 13.1. The van der Waals surface area contributed by atoms with Crippen molar-refractivity contribution < 1.29 is 9.21 Å². The van der Waals surface area contributed by atoms with Crippen molar-refractivity contribution in [3.05, 3.63) is 24.2 Å². The average Bonchev–Trinajstić information content (AvgIpc) is 2.92. The van der Waals surface area contributed by atoms with E-state index < -0.39 is 0 Å². The molecule has 0 radical (unpaired) electrons. The van der Waals surface area contributed by atoms with E-state index in [4.69, 9.17) is 4.42 Å². The van der Waals surface area contributed by atoms with Gasteiger partial charge in [-0.2, -0.15) is 0 Å². The van der Waals surface area contributed by atoms with Crippen molar-refractivity contribution in [3.8, 4) is 0 Å². The van der Waals surface area contributed by atoms with Crippen LogP contribution in [0, 0.1) is 0 Å². The Morgan fingerprint density at radius 1 is 1.33 bits per heavy atom. The molecule has 2 atom stereocenters. The molecule has 1 amide bonds. The number of piperidine rings is 1. The SMILES string of the molecule is CC(N[C@@H](C)c1ccco1)C(=O)N1CCCCC1. The predicted molar refractivity (Wildman–Crippen MR) is 70.2 cm³/mol. The van der Waals surface area contributed by atoms with E-state index >= 15 is 0 Å². The standard InChI is InChI=1S/C14H22N2O2/c1-11(13-7-6-10-18-13)15-12(2)14(17)16-8-4-3-5-9-16/h6-7,10-12,15H,3-5,8-9H2,1-2H3/t11-,12?/m0/s1. The normalized spacial score (nSPS) is 19.6. The molecule has 4 heteroatoms. The molecule has 1 aliphatic rings. The summed E-state index contributed by atoms with van der Waals surface area (Å²) < 4.78 is 5.33. The Hall–Kier alpha value is -1.29. The zero-order valence-corrected chi connectivity index (χ0v) is 11.2. The van der Waals surface area contributed by atoms with E-state index in [1.165, 1.54) is 6.42 Å². The van der Waals surface area contributed by atoms with Crippen LogP contribution in [0.4, 0.5) is 0 Å². The van der Waals surface area contributed by atoms with Crippen LogP contribution >= 0.6 is 0 Å². The molecule has 0 spiro atoms. The van der Waals surface area contributed by atoms with Crippen molar-refractivity contribution in [2.75, 3.05) is 13.1 Å². The van der Waals surface area contributed by atoms with Gasteiger partial charge in [0, 0.05) is 13.1 Å². The summed E-state index contributed by atoms with van der Waals surface area (Å²) in [6.45, 7) is 5.75. The van der Waals surface area contributed by atoms with Gasteiger partial charge in [0.2, 0.25) is 5.91 Å². The van der Waals surface area contributed by atoms with Gasteiger partial charge in [0.1, 0.15) is 5.76 Å². The summed E-state index contributed by atoms with van der Waals surface area (Å²) in [5.74, 6) is 1.07. The molecule has 0 aromatic carbocycles. The Balaban J connectivity index is 1.86. The van der Waals surface area contributed by atoms with Gasteiger partial charge in [-0.15, -0.1) is 0 Å². The number of hydrogen-bond donors (Lipinski definition) is 1. The molecule has 1 aromatic heterocycles. The number of nitrogens with one attached hydrogen (secondary N) is 1. The molecule has 1 aliphatic heterocycles. The Kier molecular flexibility index (Phi) is 4.42. The molecule has 0 bridgehead atoms. The number of nitrogens with zero attached hydrogens (tertiary/aromatic N) is 1. The molecule has 1 saturated heterocycles. The molecular formula is C14H22N2O2. The maximum atomic E-state index is 12.2. The molecule has 4 nitrogen and oxygen atoms in total. The fourth-order valence-electron chi connectivity index (χ4n) is 2.45. The highest BCUT2D eigenvalue weighted by atomic mass is 16.3. The van der Waals surface area contributed by atoms with Gasteiger partial charge in [-0.3, -0.25) is 10.1 Å². The molecule has 2 rings (SSSR count). The Morgan fingerprint density at radius 2 is 2.06 bits per heavy atom. The maximum absolute atomic E-state index is 12.2. The number of carbonyl (C=O) groups is 1. The van der Waals surface area contributed by atoms with Crippen LogP contribution in [-0.4, -0.2) is 29.9 Å². The molecular weight excluding hydrogens is 228 g/mol. The lowest BCUT2D eigenvalue weighted by atomic mass is 10.1.